The molecule has 13 nitrogen and oxygen atoms in total. The summed E-state index contributed by atoms with van der Waals surface area (Å²) < 4.78 is 44.5. The molecule has 0 radical (unpaired) electrons. The highest BCUT2D eigenvalue weighted by Gasteiger charge is 2.24. The molecule has 6 rings (SSSR count). The molecule has 0 saturated carbocycles. The first-order chi connectivity index (χ1) is 23.8. The van der Waals surface area contributed by atoms with E-state index in [1.807, 2.05) is 24.3 Å². The molecule has 0 spiro atoms. The van der Waals surface area contributed by atoms with Gasteiger partial charge in [-0.3, -0.25) is 19.3 Å². The lowest BCUT2D eigenvalue weighted by Crippen LogP contribution is -2.35. The predicted octanol–water partition coefficient (Wildman–Crippen LogP) is 5.34. The SMILES string of the molecule is CN1CCC(Oc2ccc(Nc3ncc4cc(-c5ncc(S(C)(O)c6ccncc6)cc5Cl)c(=O)n(CCN(C)S(C)(=O)=O)c4n3)cc2)CC1. The molecule has 0 bridgehead atoms. The number of benzene rings is 1. The highest BCUT2D eigenvalue weighted by Crippen LogP contribution is 2.56. The lowest BCUT2D eigenvalue weighted by atomic mass is 10.1. The van der Waals surface area contributed by atoms with Gasteiger partial charge in [-0.15, -0.1) is 0 Å². The van der Waals surface area contributed by atoms with E-state index in [0.29, 0.717) is 20.8 Å². The van der Waals surface area contributed by atoms with Crippen molar-refractivity contribution < 1.29 is 17.7 Å². The number of ether oxygens (including phenoxy) is 1. The fraction of sp³-hybridized carbons (Fsp3) is 0.324. The fourth-order valence-corrected chi connectivity index (χ4v) is 7.89. The molecule has 50 heavy (non-hydrogen) atoms. The van der Waals surface area contributed by atoms with Crippen LogP contribution in [0.5, 0.6) is 5.75 Å². The topological polar surface area (TPSA) is 156 Å². The minimum Gasteiger partial charge on any atom is -0.490 e. The number of anilines is 2. The highest BCUT2D eigenvalue weighted by molar-refractivity contribution is 8.28. The monoisotopic (exact) mass is 738 g/mol. The molecule has 1 aromatic carbocycles. The average Bonchev–Trinajstić information content (AvgIpc) is 3.09. The van der Waals surface area contributed by atoms with Crippen LogP contribution in [0.25, 0.3) is 22.3 Å². The van der Waals surface area contributed by atoms with Gasteiger partial charge in [0.2, 0.25) is 16.0 Å². The smallest absolute Gasteiger partial charge is 0.261 e. The number of pyridine rings is 3. The molecule has 1 unspecified atom stereocenters. The molecule has 5 heterocycles. The lowest BCUT2D eigenvalue weighted by Gasteiger charge is -2.29. The summed E-state index contributed by atoms with van der Waals surface area (Å²) in [6.45, 7) is 2.03. The summed E-state index contributed by atoms with van der Waals surface area (Å²) in [5.41, 5.74) is 0.956. The van der Waals surface area contributed by atoms with Crippen LogP contribution in [0.2, 0.25) is 5.02 Å². The number of likely N-dealkylation sites (tertiary alicyclic amines) is 1. The van der Waals surface area contributed by atoms with Gasteiger partial charge in [-0.25, -0.2) is 17.7 Å². The summed E-state index contributed by atoms with van der Waals surface area (Å²) in [6, 6.07) is 14.2. The highest BCUT2D eigenvalue weighted by atomic mass is 35.5. The zero-order valence-electron chi connectivity index (χ0n) is 28.2. The summed E-state index contributed by atoms with van der Waals surface area (Å²) in [5.74, 6) is 1.03. The van der Waals surface area contributed by atoms with Crippen molar-refractivity contribution in [3.63, 3.8) is 0 Å². The van der Waals surface area contributed by atoms with E-state index in [4.69, 9.17) is 16.3 Å². The van der Waals surface area contributed by atoms with E-state index in [1.54, 1.807) is 49.1 Å². The fourth-order valence-electron chi connectivity index (χ4n) is 5.62. The number of fused-ring (bicyclic) bond motifs is 1. The second-order valence-electron chi connectivity index (χ2n) is 12.4. The van der Waals surface area contributed by atoms with Crippen molar-refractivity contribution in [1.82, 2.24) is 33.7 Å². The van der Waals surface area contributed by atoms with E-state index in [1.165, 1.54) is 17.8 Å². The van der Waals surface area contributed by atoms with Crippen LogP contribution < -0.4 is 15.6 Å². The first-order valence-corrected chi connectivity index (χ1v) is 20.1. The average molecular weight is 739 g/mol. The predicted molar refractivity (Wildman–Crippen MR) is 197 cm³/mol. The van der Waals surface area contributed by atoms with Crippen LogP contribution in [-0.4, -0.2) is 99.0 Å². The molecule has 2 N–H and O–H groups in total. The second kappa shape index (κ2) is 14.6. The first-order valence-electron chi connectivity index (χ1n) is 15.9. The maximum absolute atomic E-state index is 14.1. The van der Waals surface area contributed by atoms with Crippen molar-refractivity contribution in [2.75, 3.05) is 51.6 Å². The van der Waals surface area contributed by atoms with E-state index in [0.717, 1.165) is 47.9 Å². The molecular formula is C34H39ClN8O5S2. The van der Waals surface area contributed by atoms with Crippen LogP contribution in [0.15, 0.2) is 87.9 Å². The molecule has 0 amide bonds. The van der Waals surface area contributed by atoms with E-state index in [9.17, 15) is 17.8 Å². The minimum absolute atomic E-state index is 0.00277. The van der Waals surface area contributed by atoms with Crippen LogP contribution in [0.4, 0.5) is 11.6 Å². The van der Waals surface area contributed by atoms with Crippen LogP contribution in [0, 0.1) is 0 Å². The molecule has 1 aliphatic heterocycles. The Bertz CT molecular complexity index is 2160. The molecule has 1 atom stereocenters. The normalized spacial score (nSPS) is 16.3. The molecule has 1 aliphatic rings. The zero-order valence-corrected chi connectivity index (χ0v) is 30.5. The number of nitrogens with zero attached hydrogens (tertiary/aromatic N) is 7. The number of rotatable bonds is 11. The van der Waals surface area contributed by atoms with Crippen molar-refractivity contribution in [2.45, 2.75) is 35.3 Å². The molecule has 16 heteroatoms. The molecule has 0 aliphatic carbocycles. The van der Waals surface area contributed by atoms with Gasteiger partial charge in [-0.2, -0.15) is 4.98 Å². The second-order valence-corrected chi connectivity index (χ2v) is 17.6. The number of halogens is 1. The van der Waals surface area contributed by atoms with Crippen LogP contribution in [0.3, 0.4) is 0 Å². The number of hydrogen-bond donors (Lipinski definition) is 2. The Hall–Kier alpha value is -4.12. The van der Waals surface area contributed by atoms with E-state index in [-0.39, 0.29) is 41.4 Å². The first kappa shape index (κ1) is 35.7. The Balaban J connectivity index is 1.32. The third-order valence-electron chi connectivity index (χ3n) is 8.75. The van der Waals surface area contributed by atoms with Gasteiger partial charge in [0.05, 0.1) is 22.5 Å². The standard InChI is InChI=1S/C34H39ClN8O5S2/c1-41-15-11-26(12-16-41)48-25-7-5-24(6-8-25)39-34-38-21-23-19-29(33(44)43(32(23)40-34)18-17-42(2)50(4,46)47)31-30(35)20-28(22-37-31)49(3,45)27-9-13-36-14-10-27/h5-10,13-14,19-22,26,45H,11-12,15-18H2,1-4H3,(H,38,39,40). The number of sulfonamides is 1. The number of piperidine rings is 1. The molecule has 264 valence electrons. The summed E-state index contributed by atoms with van der Waals surface area (Å²) in [5, 5.41) is 3.88. The van der Waals surface area contributed by atoms with Crippen molar-refractivity contribution in [1.29, 1.82) is 0 Å². The number of hydrogen-bond acceptors (Lipinski definition) is 11. The Morgan fingerprint density at radius 2 is 1.72 bits per heavy atom. The van der Waals surface area contributed by atoms with Gasteiger partial charge in [0.15, 0.2) is 0 Å². The van der Waals surface area contributed by atoms with Gasteiger partial charge in [-0.1, -0.05) is 21.9 Å². The zero-order chi connectivity index (χ0) is 35.6. The third-order valence-corrected chi connectivity index (χ3v) is 12.7. The summed E-state index contributed by atoms with van der Waals surface area (Å²) in [6.07, 6.45) is 11.3. The summed E-state index contributed by atoms with van der Waals surface area (Å²) in [4.78, 5) is 35.4. The van der Waals surface area contributed by atoms with Gasteiger partial charge in [0.25, 0.3) is 5.56 Å². The van der Waals surface area contributed by atoms with Crippen molar-refractivity contribution in [2.24, 2.45) is 0 Å². The van der Waals surface area contributed by atoms with Gasteiger partial charge in [0.1, 0.15) is 17.5 Å². The molecular weight excluding hydrogens is 700 g/mol. The maximum atomic E-state index is 14.1. The van der Waals surface area contributed by atoms with Gasteiger partial charge >= 0.3 is 0 Å². The number of nitrogens with one attached hydrogen (secondary N) is 1. The van der Waals surface area contributed by atoms with E-state index in [2.05, 4.69) is 37.2 Å². The molecule has 1 saturated heterocycles. The Morgan fingerprint density at radius 1 is 1.02 bits per heavy atom. The Labute approximate surface area is 297 Å². The van der Waals surface area contributed by atoms with Gasteiger partial charge < -0.3 is 19.5 Å². The van der Waals surface area contributed by atoms with Crippen molar-refractivity contribution in [3.8, 4) is 17.0 Å². The summed E-state index contributed by atoms with van der Waals surface area (Å²) in [7, 11) is -2.41. The quantitative estimate of drug-likeness (QED) is 0.181. The van der Waals surface area contributed by atoms with Gasteiger partial charge in [0, 0.05) is 78.9 Å². The van der Waals surface area contributed by atoms with Crippen molar-refractivity contribution >= 4 is 54.6 Å². The molecule has 4 aromatic heterocycles. The molecule has 5 aromatic rings. The van der Waals surface area contributed by atoms with Crippen LogP contribution in [0.1, 0.15) is 12.8 Å². The lowest BCUT2D eigenvalue weighted by molar-refractivity contribution is 0.114. The molecule has 1 fully saturated rings. The van der Waals surface area contributed by atoms with E-state index >= 15 is 0 Å². The maximum Gasteiger partial charge on any atom is 0.261 e. The van der Waals surface area contributed by atoms with Gasteiger partial charge in [-0.05, 0) is 74.7 Å². The Kier molecular flexibility index (Phi) is 10.4. The summed E-state index contributed by atoms with van der Waals surface area (Å²) >= 11 is 6.75. The van der Waals surface area contributed by atoms with Crippen LogP contribution in [-0.2, 0) is 16.6 Å². The van der Waals surface area contributed by atoms with Crippen LogP contribution >= 0.6 is 21.9 Å². The largest absolute Gasteiger partial charge is 0.490 e. The third kappa shape index (κ3) is 7.93. The number of aromatic nitrogens is 5. The number of likely N-dealkylation sites (N-methyl/N-ethyl adjacent to an activating group) is 1. The Morgan fingerprint density at radius 3 is 2.38 bits per heavy atom. The van der Waals surface area contributed by atoms with E-state index < -0.39 is 25.9 Å². The minimum atomic E-state index is -3.51. The van der Waals surface area contributed by atoms with Crippen molar-refractivity contribution in [3.05, 3.63) is 88.7 Å².